The molecule has 0 spiro atoms. The lowest BCUT2D eigenvalue weighted by atomic mass is 10.1. The average molecular weight is 354 g/mol. The number of amides is 1. The maximum atomic E-state index is 13.8. The Balaban J connectivity index is 1.90. The standard InChI is InChI=1S/C17H14F4N2O2/c18-10-1-4-14(23-5-7-25-8-6-23)13(9-10)22-17(24)11-2-3-12(19)16(21)15(11)20/h1-4,9H,5-8H2,(H,22,24). The molecule has 1 heterocycles. The van der Waals surface area contributed by atoms with Crippen LogP contribution in [0.5, 0.6) is 0 Å². The van der Waals surface area contributed by atoms with Gasteiger partial charge < -0.3 is 15.0 Å². The van der Waals surface area contributed by atoms with Crippen LogP contribution in [-0.4, -0.2) is 32.2 Å². The molecule has 2 aromatic carbocycles. The summed E-state index contributed by atoms with van der Waals surface area (Å²) in [5, 5.41) is 2.36. The first-order valence-corrected chi connectivity index (χ1v) is 7.54. The fourth-order valence-electron chi connectivity index (χ4n) is 2.58. The van der Waals surface area contributed by atoms with E-state index >= 15 is 0 Å². The van der Waals surface area contributed by atoms with Crippen LogP contribution in [0.25, 0.3) is 0 Å². The van der Waals surface area contributed by atoms with Crippen molar-refractivity contribution in [2.75, 3.05) is 36.5 Å². The van der Waals surface area contributed by atoms with E-state index in [1.807, 2.05) is 4.90 Å². The minimum absolute atomic E-state index is 0.107. The van der Waals surface area contributed by atoms with Gasteiger partial charge in [0, 0.05) is 13.1 Å². The minimum atomic E-state index is -1.74. The summed E-state index contributed by atoms with van der Waals surface area (Å²) in [7, 11) is 0. The number of hydrogen-bond donors (Lipinski definition) is 1. The van der Waals surface area contributed by atoms with Crippen LogP contribution in [0.3, 0.4) is 0 Å². The van der Waals surface area contributed by atoms with Gasteiger partial charge in [0.05, 0.1) is 30.2 Å². The number of benzene rings is 2. The lowest BCUT2D eigenvalue weighted by Gasteiger charge is -2.30. The molecule has 0 radical (unpaired) electrons. The van der Waals surface area contributed by atoms with E-state index in [0.717, 1.165) is 12.1 Å². The van der Waals surface area contributed by atoms with E-state index < -0.39 is 34.7 Å². The van der Waals surface area contributed by atoms with E-state index in [-0.39, 0.29) is 5.69 Å². The summed E-state index contributed by atoms with van der Waals surface area (Å²) in [6.45, 7) is 2.02. The Hall–Kier alpha value is -2.61. The fourth-order valence-corrected chi connectivity index (χ4v) is 2.58. The topological polar surface area (TPSA) is 41.6 Å². The Bertz CT molecular complexity index is 807. The maximum Gasteiger partial charge on any atom is 0.258 e. The monoisotopic (exact) mass is 354 g/mol. The fraction of sp³-hybridized carbons (Fsp3) is 0.235. The van der Waals surface area contributed by atoms with Crippen LogP contribution < -0.4 is 10.2 Å². The molecule has 4 nitrogen and oxygen atoms in total. The number of anilines is 2. The lowest BCUT2D eigenvalue weighted by Crippen LogP contribution is -2.36. The van der Waals surface area contributed by atoms with Crippen LogP contribution in [0.2, 0.25) is 0 Å². The summed E-state index contributed by atoms with van der Waals surface area (Å²) in [5.74, 6) is -6.33. The molecule has 132 valence electrons. The van der Waals surface area contributed by atoms with Crippen LogP contribution in [0.1, 0.15) is 10.4 Å². The SMILES string of the molecule is O=C(Nc1cc(F)ccc1N1CCOCC1)c1ccc(F)c(F)c1F. The molecule has 0 aromatic heterocycles. The number of carbonyl (C=O) groups is 1. The molecule has 25 heavy (non-hydrogen) atoms. The highest BCUT2D eigenvalue weighted by atomic mass is 19.2. The third-order valence-electron chi connectivity index (χ3n) is 3.84. The first kappa shape index (κ1) is 17.2. The van der Waals surface area contributed by atoms with Crippen molar-refractivity contribution in [1.82, 2.24) is 0 Å². The number of morpholine rings is 1. The summed E-state index contributed by atoms with van der Waals surface area (Å²) >= 11 is 0. The van der Waals surface area contributed by atoms with Crippen molar-refractivity contribution in [2.45, 2.75) is 0 Å². The van der Waals surface area contributed by atoms with Crippen LogP contribution >= 0.6 is 0 Å². The molecular formula is C17H14F4N2O2. The van der Waals surface area contributed by atoms with Crippen LogP contribution in [0, 0.1) is 23.3 Å². The maximum absolute atomic E-state index is 13.8. The van der Waals surface area contributed by atoms with Gasteiger partial charge in [0.2, 0.25) is 0 Å². The predicted octanol–water partition coefficient (Wildman–Crippen LogP) is 3.33. The Morgan fingerprint density at radius 3 is 2.44 bits per heavy atom. The molecule has 8 heteroatoms. The Morgan fingerprint density at radius 2 is 1.72 bits per heavy atom. The predicted molar refractivity (Wildman–Crippen MR) is 83.7 cm³/mol. The van der Waals surface area contributed by atoms with E-state index in [9.17, 15) is 22.4 Å². The molecule has 0 atom stereocenters. The Labute approximate surface area is 141 Å². The van der Waals surface area contributed by atoms with Crippen molar-refractivity contribution < 1.29 is 27.1 Å². The largest absolute Gasteiger partial charge is 0.378 e. The van der Waals surface area contributed by atoms with Gasteiger partial charge in [0.1, 0.15) is 5.82 Å². The highest BCUT2D eigenvalue weighted by molar-refractivity contribution is 6.06. The second kappa shape index (κ2) is 7.10. The van der Waals surface area contributed by atoms with Crippen molar-refractivity contribution >= 4 is 17.3 Å². The van der Waals surface area contributed by atoms with E-state index in [1.54, 1.807) is 0 Å². The zero-order valence-electron chi connectivity index (χ0n) is 13.0. The van der Waals surface area contributed by atoms with Gasteiger partial charge in [-0.3, -0.25) is 4.79 Å². The van der Waals surface area contributed by atoms with Crippen molar-refractivity contribution in [3.8, 4) is 0 Å². The molecule has 1 N–H and O–H groups in total. The van der Waals surface area contributed by atoms with Crippen LogP contribution in [0.4, 0.5) is 28.9 Å². The molecule has 0 unspecified atom stereocenters. The van der Waals surface area contributed by atoms with E-state index in [2.05, 4.69) is 5.32 Å². The molecule has 3 rings (SSSR count). The molecule has 1 aliphatic heterocycles. The molecule has 1 amide bonds. The molecular weight excluding hydrogens is 340 g/mol. The zero-order valence-corrected chi connectivity index (χ0v) is 13.0. The van der Waals surface area contributed by atoms with Crippen molar-refractivity contribution in [3.63, 3.8) is 0 Å². The van der Waals surface area contributed by atoms with Gasteiger partial charge in [-0.05, 0) is 30.3 Å². The van der Waals surface area contributed by atoms with E-state index in [4.69, 9.17) is 4.74 Å². The molecule has 1 fully saturated rings. The van der Waals surface area contributed by atoms with Gasteiger partial charge in [-0.1, -0.05) is 0 Å². The van der Waals surface area contributed by atoms with Gasteiger partial charge in [-0.25, -0.2) is 17.6 Å². The van der Waals surface area contributed by atoms with Gasteiger partial charge in [-0.15, -0.1) is 0 Å². The smallest absolute Gasteiger partial charge is 0.258 e. The van der Waals surface area contributed by atoms with Gasteiger partial charge >= 0.3 is 0 Å². The number of halogens is 4. The number of rotatable bonds is 3. The first-order valence-electron chi connectivity index (χ1n) is 7.54. The molecule has 0 aliphatic carbocycles. The van der Waals surface area contributed by atoms with Crippen molar-refractivity contribution in [1.29, 1.82) is 0 Å². The lowest BCUT2D eigenvalue weighted by molar-refractivity contribution is 0.102. The summed E-state index contributed by atoms with van der Waals surface area (Å²) in [5.41, 5.74) is -0.0341. The molecule has 0 bridgehead atoms. The average Bonchev–Trinajstić information content (AvgIpc) is 2.60. The highest BCUT2D eigenvalue weighted by Crippen LogP contribution is 2.28. The third kappa shape index (κ3) is 3.58. The normalized spacial score (nSPS) is 14.5. The number of nitrogens with one attached hydrogen (secondary N) is 1. The second-order valence-electron chi connectivity index (χ2n) is 5.44. The van der Waals surface area contributed by atoms with Crippen LogP contribution in [-0.2, 0) is 4.74 Å². The minimum Gasteiger partial charge on any atom is -0.378 e. The van der Waals surface area contributed by atoms with Gasteiger partial charge in [-0.2, -0.15) is 0 Å². The summed E-state index contributed by atoms with van der Waals surface area (Å²) in [6.07, 6.45) is 0. The summed E-state index contributed by atoms with van der Waals surface area (Å²) in [4.78, 5) is 14.1. The van der Waals surface area contributed by atoms with Crippen molar-refractivity contribution in [3.05, 3.63) is 59.2 Å². The molecule has 1 aliphatic rings. The van der Waals surface area contributed by atoms with Gasteiger partial charge in [0.15, 0.2) is 17.5 Å². The second-order valence-corrected chi connectivity index (χ2v) is 5.44. The Morgan fingerprint density at radius 1 is 1.00 bits per heavy atom. The number of nitrogens with zero attached hydrogens (tertiary/aromatic N) is 1. The van der Waals surface area contributed by atoms with E-state index in [0.29, 0.717) is 38.1 Å². The van der Waals surface area contributed by atoms with Crippen molar-refractivity contribution in [2.24, 2.45) is 0 Å². The zero-order chi connectivity index (χ0) is 18.0. The Kier molecular flexibility index (Phi) is 4.89. The molecule has 0 saturated carbocycles. The van der Waals surface area contributed by atoms with E-state index in [1.165, 1.54) is 12.1 Å². The number of ether oxygens (including phenoxy) is 1. The summed E-state index contributed by atoms with van der Waals surface area (Å²) < 4.78 is 58.9. The quantitative estimate of drug-likeness (QED) is 0.679. The third-order valence-corrected chi connectivity index (χ3v) is 3.84. The van der Waals surface area contributed by atoms with Crippen LogP contribution in [0.15, 0.2) is 30.3 Å². The van der Waals surface area contributed by atoms with Gasteiger partial charge in [0.25, 0.3) is 5.91 Å². The number of carbonyl (C=O) groups excluding carboxylic acids is 1. The first-order chi connectivity index (χ1) is 12.0. The summed E-state index contributed by atoms with van der Waals surface area (Å²) in [6, 6.07) is 5.29. The highest BCUT2D eigenvalue weighted by Gasteiger charge is 2.21. The molecule has 2 aromatic rings. The molecule has 1 saturated heterocycles. The number of hydrogen-bond acceptors (Lipinski definition) is 3.